The van der Waals surface area contributed by atoms with Crippen LogP contribution in [0, 0.1) is 0 Å². The highest BCUT2D eigenvalue weighted by Crippen LogP contribution is 2.07. The van der Waals surface area contributed by atoms with Crippen LogP contribution in [0.3, 0.4) is 0 Å². The second kappa shape index (κ2) is 6.81. The molecule has 0 spiro atoms. The number of carbonyl (C=O) groups is 2. The van der Waals surface area contributed by atoms with Gasteiger partial charge in [-0.15, -0.1) is 9.24 Å². The van der Waals surface area contributed by atoms with Crippen molar-refractivity contribution in [2.75, 3.05) is 19.7 Å². The van der Waals surface area contributed by atoms with Crippen molar-refractivity contribution in [3.05, 3.63) is 0 Å². The molecule has 1 aliphatic rings. The summed E-state index contributed by atoms with van der Waals surface area (Å²) in [6.45, 7) is 3.84. The maximum absolute atomic E-state index is 11.7. The van der Waals surface area contributed by atoms with Crippen LogP contribution in [0.25, 0.3) is 0 Å². The topological polar surface area (TPSA) is 67.4 Å². The zero-order valence-electron chi connectivity index (χ0n) is 9.49. The van der Waals surface area contributed by atoms with E-state index in [1.165, 1.54) is 0 Å². The molecule has 2 atom stereocenters. The summed E-state index contributed by atoms with van der Waals surface area (Å²) in [6, 6.07) is 0.172. The molecular weight excluding hydrogens is 227 g/mol. The predicted octanol–water partition coefficient (Wildman–Crippen LogP) is -0.339. The Bertz CT molecular complexity index is 254. The number of rotatable bonds is 4. The van der Waals surface area contributed by atoms with Gasteiger partial charge in [0.1, 0.15) is 5.66 Å². The number of amides is 1. The Morgan fingerprint density at radius 2 is 2.12 bits per heavy atom. The third-order valence-corrected chi connectivity index (χ3v) is 3.08. The lowest BCUT2D eigenvalue weighted by molar-refractivity contribution is -0.145. The van der Waals surface area contributed by atoms with Gasteiger partial charge in [-0.2, -0.15) is 0 Å². The van der Waals surface area contributed by atoms with Gasteiger partial charge in [0.25, 0.3) is 0 Å². The Kier molecular flexibility index (Phi) is 5.71. The smallest absolute Gasteiger partial charge is 0.322 e. The Morgan fingerprint density at radius 1 is 1.50 bits per heavy atom. The molecule has 16 heavy (non-hydrogen) atoms. The second-order valence-electron chi connectivity index (χ2n) is 3.76. The molecule has 0 bridgehead atoms. The molecule has 5 nitrogen and oxygen atoms in total. The maximum atomic E-state index is 11.7. The summed E-state index contributed by atoms with van der Waals surface area (Å²) in [6.07, 6.45) is 1.82. The average molecular weight is 246 g/mol. The largest absolute Gasteiger partial charge is 0.465 e. The molecule has 0 aliphatic carbocycles. The molecule has 0 radical (unpaired) electrons. The van der Waals surface area contributed by atoms with Crippen molar-refractivity contribution >= 4 is 21.1 Å². The van der Waals surface area contributed by atoms with E-state index in [1.54, 1.807) is 6.92 Å². The van der Waals surface area contributed by atoms with Crippen LogP contribution in [0.2, 0.25) is 0 Å². The maximum Gasteiger partial charge on any atom is 0.322 e. The summed E-state index contributed by atoms with van der Waals surface area (Å²) in [5.74, 6) is -0.755. The first kappa shape index (κ1) is 13.4. The van der Waals surface area contributed by atoms with E-state index in [2.05, 4.69) is 19.9 Å². The number of nitrogens with one attached hydrogen (secondary N) is 2. The van der Waals surface area contributed by atoms with Gasteiger partial charge >= 0.3 is 5.97 Å². The van der Waals surface area contributed by atoms with Crippen molar-refractivity contribution in [2.24, 2.45) is 0 Å². The van der Waals surface area contributed by atoms with E-state index in [1.807, 2.05) is 0 Å². The van der Waals surface area contributed by atoms with Crippen LogP contribution >= 0.6 is 9.24 Å². The molecule has 92 valence electrons. The minimum atomic E-state index is -0.796. The van der Waals surface area contributed by atoms with E-state index in [0.717, 1.165) is 25.9 Å². The lowest BCUT2D eigenvalue weighted by atomic mass is 10.1. The van der Waals surface area contributed by atoms with Gasteiger partial charge in [0.15, 0.2) is 0 Å². The van der Waals surface area contributed by atoms with Crippen molar-refractivity contribution < 1.29 is 14.3 Å². The quantitative estimate of drug-likeness (QED) is 0.404. The van der Waals surface area contributed by atoms with Crippen molar-refractivity contribution in [2.45, 2.75) is 31.5 Å². The lowest BCUT2D eigenvalue weighted by Gasteiger charge is -2.24. The van der Waals surface area contributed by atoms with Gasteiger partial charge in [0.05, 0.1) is 6.61 Å². The van der Waals surface area contributed by atoms with Crippen LogP contribution in [0.15, 0.2) is 0 Å². The summed E-state index contributed by atoms with van der Waals surface area (Å²) in [7, 11) is 2.23. The lowest BCUT2D eigenvalue weighted by Crippen LogP contribution is -2.47. The predicted molar refractivity (Wildman–Crippen MR) is 64.2 cm³/mol. The summed E-state index contributed by atoms with van der Waals surface area (Å²) >= 11 is 0. The van der Waals surface area contributed by atoms with Gasteiger partial charge in [-0.05, 0) is 32.9 Å². The van der Waals surface area contributed by atoms with E-state index in [9.17, 15) is 9.59 Å². The average Bonchev–Trinajstić information content (AvgIpc) is 2.29. The molecule has 0 aromatic rings. The van der Waals surface area contributed by atoms with Crippen molar-refractivity contribution in [1.29, 1.82) is 0 Å². The van der Waals surface area contributed by atoms with Crippen LogP contribution < -0.4 is 10.6 Å². The molecule has 2 N–H and O–H groups in total. The van der Waals surface area contributed by atoms with Gasteiger partial charge in [-0.3, -0.25) is 9.59 Å². The molecule has 1 heterocycles. The Labute approximate surface area is 97.9 Å². The van der Waals surface area contributed by atoms with Crippen molar-refractivity contribution in [1.82, 2.24) is 10.6 Å². The molecule has 1 fully saturated rings. The molecule has 1 amide bonds. The van der Waals surface area contributed by atoms with Gasteiger partial charge in [0, 0.05) is 6.04 Å². The third kappa shape index (κ3) is 4.06. The van der Waals surface area contributed by atoms with Crippen molar-refractivity contribution in [3.8, 4) is 0 Å². The van der Waals surface area contributed by atoms with Crippen LogP contribution in [-0.2, 0) is 14.3 Å². The van der Waals surface area contributed by atoms with E-state index < -0.39 is 11.6 Å². The highest BCUT2D eigenvalue weighted by atomic mass is 31.0. The van der Waals surface area contributed by atoms with Crippen molar-refractivity contribution in [3.63, 3.8) is 0 Å². The minimum Gasteiger partial charge on any atom is -0.465 e. The molecule has 2 unspecified atom stereocenters. The number of ether oxygens (including phenoxy) is 1. The highest BCUT2D eigenvalue weighted by molar-refractivity contribution is 7.21. The van der Waals surface area contributed by atoms with Gasteiger partial charge in [-0.1, -0.05) is 0 Å². The van der Waals surface area contributed by atoms with E-state index in [0.29, 0.717) is 6.61 Å². The first-order valence-electron chi connectivity index (χ1n) is 5.58. The SMILES string of the molecule is CCOC(=O)C(P)C(=O)NC1CCNCC1. The molecule has 1 saturated heterocycles. The van der Waals surface area contributed by atoms with Crippen LogP contribution in [0.4, 0.5) is 0 Å². The molecule has 6 heteroatoms. The van der Waals surface area contributed by atoms with Gasteiger partial charge in [-0.25, -0.2) is 0 Å². The van der Waals surface area contributed by atoms with Crippen LogP contribution in [0.5, 0.6) is 0 Å². The number of hydrogen-bond acceptors (Lipinski definition) is 4. The first-order chi connectivity index (χ1) is 7.65. The molecule has 0 aromatic heterocycles. The molecular formula is C10H19N2O3P. The fourth-order valence-electron chi connectivity index (χ4n) is 1.60. The molecule has 1 rings (SSSR count). The summed E-state index contributed by atoms with van der Waals surface area (Å²) in [4.78, 5) is 23.0. The normalized spacial score (nSPS) is 18.9. The number of carbonyl (C=O) groups excluding carboxylic acids is 2. The third-order valence-electron chi connectivity index (χ3n) is 2.51. The Balaban J connectivity index is 2.35. The molecule has 1 aliphatic heterocycles. The number of hydrogen-bond donors (Lipinski definition) is 2. The van der Waals surface area contributed by atoms with E-state index in [-0.39, 0.29) is 11.9 Å². The van der Waals surface area contributed by atoms with Crippen LogP contribution in [-0.4, -0.2) is 43.3 Å². The standard InChI is InChI=1S/C10H19N2O3P/c1-2-15-10(14)8(16)9(13)12-7-3-5-11-6-4-7/h7-8,11H,2-6,16H2,1H3,(H,12,13). The highest BCUT2D eigenvalue weighted by Gasteiger charge is 2.25. The van der Waals surface area contributed by atoms with Gasteiger partial charge in [0.2, 0.25) is 5.91 Å². The number of esters is 1. The van der Waals surface area contributed by atoms with E-state index >= 15 is 0 Å². The molecule has 0 aromatic carbocycles. The van der Waals surface area contributed by atoms with Crippen LogP contribution in [0.1, 0.15) is 19.8 Å². The summed E-state index contributed by atoms with van der Waals surface area (Å²) in [5, 5.41) is 6.07. The Hall–Kier alpha value is -0.670. The fraction of sp³-hybridized carbons (Fsp3) is 0.800. The minimum absolute atomic E-state index is 0.172. The first-order valence-corrected chi connectivity index (χ1v) is 6.25. The second-order valence-corrected chi connectivity index (χ2v) is 4.43. The van der Waals surface area contributed by atoms with E-state index in [4.69, 9.17) is 4.74 Å². The summed E-state index contributed by atoms with van der Waals surface area (Å²) < 4.78 is 4.78. The number of piperidine rings is 1. The monoisotopic (exact) mass is 246 g/mol. The zero-order valence-corrected chi connectivity index (χ0v) is 10.6. The summed E-state index contributed by atoms with van der Waals surface area (Å²) in [5.41, 5.74) is -0.796. The Morgan fingerprint density at radius 3 is 2.69 bits per heavy atom. The van der Waals surface area contributed by atoms with Gasteiger partial charge < -0.3 is 15.4 Å². The molecule has 0 saturated carbocycles. The zero-order chi connectivity index (χ0) is 12.0. The fourth-order valence-corrected chi connectivity index (χ4v) is 1.79.